The van der Waals surface area contributed by atoms with E-state index in [9.17, 15) is 23.1 Å². The van der Waals surface area contributed by atoms with Crippen LogP contribution in [-0.2, 0) is 9.53 Å². The molecule has 112 valence electrons. The summed E-state index contributed by atoms with van der Waals surface area (Å²) in [4.78, 5) is 11.4. The molecule has 3 nitrogen and oxygen atoms in total. The Morgan fingerprint density at radius 1 is 1.33 bits per heavy atom. The number of ether oxygens (including phenoxy) is 1. The van der Waals surface area contributed by atoms with Gasteiger partial charge in [-0.25, -0.2) is 4.79 Å². The second-order valence-electron chi connectivity index (χ2n) is 4.02. The maximum atomic E-state index is 13.0. The summed E-state index contributed by atoms with van der Waals surface area (Å²) in [6.45, 7) is 4.26. The minimum absolute atomic E-state index is 0.141. The molecule has 1 rings (SSSR count). The van der Waals surface area contributed by atoms with E-state index in [0.717, 1.165) is 0 Å². The average Bonchev–Trinajstić information content (AvgIpc) is 2.44. The minimum atomic E-state index is -5.18. The van der Waals surface area contributed by atoms with Gasteiger partial charge in [0.25, 0.3) is 5.60 Å². The van der Waals surface area contributed by atoms with Crippen molar-refractivity contribution >= 4 is 5.97 Å². The highest BCUT2D eigenvalue weighted by atomic mass is 19.4. The van der Waals surface area contributed by atoms with Crippen LogP contribution in [0.2, 0.25) is 0 Å². The lowest BCUT2D eigenvalue weighted by Gasteiger charge is -2.25. The standard InChI is InChI=1S/C15H13F3O3/c1-3-21-13(19)11(2)14(20,15(16,17)18)10-9-12-7-5-4-6-8-12/h4-8,20H,2-3H2,1H3. The Balaban J connectivity index is 3.21. The second kappa shape index (κ2) is 6.46. The van der Waals surface area contributed by atoms with Gasteiger partial charge in [0.2, 0.25) is 0 Å². The van der Waals surface area contributed by atoms with Crippen LogP contribution < -0.4 is 0 Å². The van der Waals surface area contributed by atoms with E-state index in [4.69, 9.17) is 0 Å². The number of benzene rings is 1. The summed E-state index contributed by atoms with van der Waals surface area (Å²) < 4.78 is 43.5. The lowest BCUT2D eigenvalue weighted by Crippen LogP contribution is -2.47. The molecule has 0 radical (unpaired) electrons. The van der Waals surface area contributed by atoms with Crippen molar-refractivity contribution in [1.82, 2.24) is 0 Å². The Kier molecular flexibility index (Phi) is 5.17. The van der Waals surface area contributed by atoms with Crippen LogP contribution in [0.3, 0.4) is 0 Å². The van der Waals surface area contributed by atoms with Crippen molar-refractivity contribution in [1.29, 1.82) is 0 Å². The molecule has 0 aliphatic heterocycles. The van der Waals surface area contributed by atoms with Gasteiger partial charge in [0.15, 0.2) is 0 Å². The van der Waals surface area contributed by atoms with Crippen molar-refractivity contribution in [2.45, 2.75) is 18.7 Å². The molecule has 0 saturated heterocycles. The molecule has 1 N–H and O–H groups in total. The van der Waals surface area contributed by atoms with Crippen LogP contribution in [0.5, 0.6) is 0 Å². The number of rotatable bonds is 3. The molecule has 0 spiro atoms. The molecule has 1 aromatic rings. The zero-order valence-electron chi connectivity index (χ0n) is 11.2. The van der Waals surface area contributed by atoms with E-state index in [2.05, 4.69) is 17.2 Å². The summed E-state index contributed by atoms with van der Waals surface area (Å²) in [5, 5.41) is 9.78. The summed E-state index contributed by atoms with van der Waals surface area (Å²) in [5.74, 6) is 2.51. The van der Waals surface area contributed by atoms with E-state index >= 15 is 0 Å². The topological polar surface area (TPSA) is 46.5 Å². The second-order valence-corrected chi connectivity index (χ2v) is 4.02. The van der Waals surface area contributed by atoms with Gasteiger partial charge in [-0.05, 0) is 25.0 Å². The molecule has 6 heteroatoms. The number of halogens is 3. The van der Waals surface area contributed by atoms with E-state index in [1.807, 2.05) is 0 Å². The van der Waals surface area contributed by atoms with Crippen molar-refractivity contribution in [3.63, 3.8) is 0 Å². The van der Waals surface area contributed by atoms with Crippen LogP contribution >= 0.6 is 0 Å². The van der Waals surface area contributed by atoms with E-state index in [1.165, 1.54) is 19.1 Å². The zero-order valence-corrected chi connectivity index (χ0v) is 11.2. The number of hydrogen-bond donors (Lipinski definition) is 1. The molecular weight excluding hydrogens is 285 g/mol. The summed E-state index contributed by atoms with van der Waals surface area (Å²) in [7, 11) is 0. The van der Waals surface area contributed by atoms with Crippen molar-refractivity contribution in [2.24, 2.45) is 0 Å². The normalized spacial score (nSPS) is 13.6. The largest absolute Gasteiger partial charge is 0.463 e. The maximum absolute atomic E-state index is 13.0. The van der Waals surface area contributed by atoms with Crippen molar-refractivity contribution in [3.8, 4) is 11.8 Å². The lowest BCUT2D eigenvalue weighted by molar-refractivity contribution is -0.222. The highest BCUT2D eigenvalue weighted by Gasteiger charge is 2.57. The first-order valence-corrected chi connectivity index (χ1v) is 5.96. The van der Waals surface area contributed by atoms with E-state index in [0.29, 0.717) is 0 Å². The summed E-state index contributed by atoms with van der Waals surface area (Å²) in [6, 6.07) is 7.76. The molecule has 1 aromatic carbocycles. The fourth-order valence-corrected chi connectivity index (χ4v) is 1.37. The van der Waals surface area contributed by atoms with Gasteiger partial charge in [-0.1, -0.05) is 30.7 Å². The summed E-state index contributed by atoms with van der Waals surface area (Å²) in [5.41, 5.74) is -4.56. The number of carbonyl (C=O) groups is 1. The van der Waals surface area contributed by atoms with Gasteiger partial charge in [0.1, 0.15) is 0 Å². The van der Waals surface area contributed by atoms with E-state index < -0.39 is 23.3 Å². The molecule has 0 amide bonds. The Hall–Kier alpha value is -2.26. The highest BCUT2D eigenvalue weighted by molar-refractivity contribution is 5.91. The Morgan fingerprint density at radius 3 is 2.38 bits per heavy atom. The molecule has 21 heavy (non-hydrogen) atoms. The lowest BCUT2D eigenvalue weighted by atomic mass is 9.94. The van der Waals surface area contributed by atoms with E-state index in [-0.39, 0.29) is 12.2 Å². The minimum Gasteiger partial charge on any atom is -0.463 e. The molecule has 0 heterocycles. The van der Waals surface area contributed by atoms with Gasteiger partial charge in [0.05, 0.1) is 12.2 Å². The molecule has 0 saturated carbocycles. The van der Waals surface area contributed by atoms with E-state index in [1.54, 1.807) is 24.1 Å². The third-order valence-electron chi connectivity index (χ3n) is 2.53. The quantitative estimate of drug-likeness (QED) is 0.530. The third kappa shape index (κ3) is 3.86. The summed E-state index contributed by atoms with van der Waals surface area (Å²) in [6.07, 6.45) is -5.18. The van der Waals surface area contributed by atoms with Gasteiger partial charge < -0.3 is 9.84 Å². The Morgan fingerprint density at radius 2 is 1.90 bits per heavy atom. The Bertz CT molecular complexity index is 582. The number of hydrogen-bond acceptors (Lipinski definition) is 3. The fraction of sp³-hybridized carbons (Fsp3) is 0.267. The SMILES string of the molecule is C=C(C(=O)OCC)C(O)(C#Cc1ccccc1)C(F)(F)F. The predicted molar refractivity (Wildman–Crippen MR) is 70.1 cm³/mol. The number of carbonyl (C=O) groups excluding carboxylic acids is 1. The first kappa shape index (κ1) is 16.8. The van der Waals surface area contributed by atoms with Gasteiger partial charge in [-0.15, -0.1) is 0 Å². The maximum Gasteiger partial charge on any atom is 0.433 e. The van der Waals surface area contributed by atoms with Crippen LogP contribution in [0.25, 0.3) is 0 Å². The third-order valence-corrected chi connectivity index (χ3v) is 2.53. The molecule has 0 aromatic heterocycles. The Labute approximate surface area is 120 Å². The average molecular weight is 298 g/mol. The monoisotopic (exact) mass is 298 g/mol. The molecule has 0 fully saturated rings. The number of esters is 1. The number of alkyl halides is 3. The summed E-state index contributed by atoms with van der Waals surface area (Å²) >= 11 is 0. The number of aliphatic hydroxyl groups is 1. The van der Waals surface area contributed by atoms with Crippen LogP contribution in [0, 0.1) is 11.8 Å². The molecule has 0 bridgehead atoms. The van der Waals surface area contributed by atoms with Gasteiger partial charge in [-0.2, -0.15) is 13.2 Å². The predicted octanol–water partition coefficient (Wildman–Crippen LogP) is 2.45. The first-order chi connectivity index (χ1) is 9.72. The molecule has 0 aliphatic rings. The highest BCUT2D eigenvalue weighted by Crippen LogP contribution is 2.35. The molecule has 1 atom stereocenters. The van der Waals surface area contributed by atoms with Crippen LogP contribution in [-0.4, -0.2) is 29.5 Å². The van der Waals surface area contributed by atoms with Crippen LogP contribution in [0.4, 0.5) is 13.2 Å². The zero-order chi connectivity index (χ0) is 16.1. The van der Waals surface area contributed by atoms with Crippen molar-refractivity contribution < 1.29 is 27.8 Å². The molecule has 0 aliphatic carbocycles. The smallest absolute Gasteiger partial charge is 0.433 e. The van der Waals surface area contributed by atoms with Gasteiger partial charge in [-0.3, -0.25) is 0 Å². The van der Waals surface area contributed by atoms with Gasteiger partial charge >= 0.3 is 12.1 Å². The van der Waals surface area contributed by atoms with Crippen molar-refractivity contribution in [2.75, 3.05) is 6.61 Å². The first-order valence-electron chi connectivity index (χ1n) is 5.96. The van der Waals surface area contributed by atoms with Crippen LogP contribution in [0.1, 0.15) is 12.5 Å². The van der Waals surface area contributed by atoms with Gasteiger partial charge in [0, 0.05) is 5.56 Å². The van der Waals surface area contributed by atoms with Crippen molar-refractivity contribution in [3.05, 3.63) is 48.0 Å². The van der Waals surface area contributed by atoms with Crippen LogP contribution in [0.15, 0.2) is 42.5 Å². The fourth-order valence-electron chi connectivity index (χ4n) is 1.37. The molecule has 1 unspecified atom stereocenters. The molecular formula is C15H13F3O3.